The van der Waals surface area contributed by atoms with Crippen molar-refractivity contribution < 1.29 is 13.2 Å². The normalized spacial score (nSPS) is 23.9. The van der Waals surface area contributed by atoms with Gasteiger partial charge in [-0.25, -0.2) is 8.42 Å². The number of likely N-dealkylation sites (tertiary alicyclic amines) is 1. The van der Waals surface area contributed by atoms with Crippen molar-refractivity contribution in [2.45, 2.75) is 75.5 Å². The van der Waals surface area contributed by atoms with E-state index in [1.165, 1.54) is 0 Å². The Morgan fingerprint density at radius 3 is 2.36 bits per heavy atom. The van der Waals surface area contributed by atoms with Gasteiger partial charge in [0.15, 0.2) is 14.6 Å². The number of rotatable bonds is 3. The van der Waals surface area contributed by atoms with Gasteiger partial charge in [0.25, 0.3) is 0 Å². The van der Waals surface area contributed by atoms with E-state index in [0.717, 1.165) is 18.4 Å². The number of nitrogens with zero attached hydrogens (tertiary/aromatic N) is 1. The molecule has 1 aromatic rings. The third kappa shape index (κ3) is 3.71. The van der Waals surface area contributed by atoms with Crippen molar-refractivity contribution in [3.8, 4) is 0 Å². The molecule has 5 nitrogen and oxygen atoms in total. The predicted molar refractivity (Wildman–Crippen MR) is 115 cm³/mol. The average Bonchev–Trinajstić information content (AvgIpc) is 3.10. The molecule has 1 heterocycles. The van der Waals surface area contributed by atoms with Crippen molar-refractivity contribution in [3.63, 3.8) is 0 Å². The molecule has 0 radical (unpaired) electrons. The largest absolute Gasteiger partial charge is 0.341 e. The summed E-state index contributed by atoms with van der Waals surface area (Å²) in [6.07, 6.45) is 3.06. The molecular weight excluding hydrogens is 396 g/mol. The number of carbonyl (C=O) groups is 1. The summed E-state index contributed by atoms with van der Waals surface area (Å²) in [5.74, 6) is -0.221. The number of carbonyl (C=O) groups excluding carboxylic acids is 1. The average molecular weight is 429 g/mol. The summed E-state index contributed by atoms with van der Waals surface area (Å²) in [4.78, 5) is 15.7. The molecule has 0 spiro atoms. The minimum atomic E-state index is -3.78. The van der Waals surface area contributed by atoms with Crippen molar-refractivity contribution in [3.05, 3.63) is 29.3 Å². The molecule has 1 aliphatic heterocycles. The zero-order valence-electron chi connectivity index (χ0n) is 17.3. The summed E-state index contributed by atoms with van der Waals surface area (Å²) in [5.41, 5.74) is 7.61. The fraction of sp³-hybridized carbons (Fsp3) is 0.667. The van der Waals surface area contributed by atoms with Crippen LogP contribution in [-0.4, -0.2) is 43.1 Å². The van der Waals surface area contributed by atoms with Gasteiger partial charge in [0, 0.05) is 19.1 Å². The van der Waals surface area contributed by atoms with Crippen LogP contribution in [0.15, 0.2) is 23.1 Å². The highest BCUT2D eigenvalue weighted by atomic mass is 35.5. The summed E-state index contributed by atoms with van der Waals surface area (Å²) >= 11 is 0. The van der Waals surface area contributed by atoms with Gasteiger partial charge >= 0.3 is 0 Å². The minimum absolute atomic E-state index is 0. The molecule has 3 rings (SSSR count). The molecule has 0 bridgehead atoms. The Kier molecular flexibility index (Phi) is 6.59. The molecule has 1 atom stereocenters. The van der Waals surface area contributed by atoms with Gasteiger partial charge in [-0.2, -0.15) is 0 Å². The molecule has 1 unspecified atom stereocenters. The Morgan fingerprint density at radius 1 is 1.18 bits per heavy atom. The fourth-order valence-corrected chi connectivity index (χ4v) is 7.03. The molecule has 2 N–H and O–H groups in total. The molecule has 2 fully saturated rings. The second-order valence-corrected chi connectivity index (χ2v) is 11.3. The fourth-order valence-electron chi connectivity index (χ4n) is 4.59. The highest BCUT2D eigenvalue weighted by Gasteiger charge is 2.55. The van der Waals surface area contributed by atoms with Crippen LogP contribution < -0.4 is 5.73 Å². The first-order valence-corrected chi connectivity index (χ1v) is 11.4. The van der Waals surface area contributed by atoms with E-state index in [-0.39, 0.29) is 29.8 Å². The summed E-state index contributed by atoms with van der Waals surface area (Å²) < 4.78 is 26.2. The molecule has 158 valence electrons. The van der Waals surface area contributed by atoms with E-state index < -0.39 is 14.6 Å². The quantitative estimate of drug-likeness (QED) is 0.799. The van der Waals surface area contributed by atoms with Crippen LogP contribution in [0.5, 0.6) is 0 Å². The van der Waals surface area contributed by atoms with Crippen molar-refractivity contribution in [1.29, 1.82) is 0 Å². The third-order valence-electron chi connectivity index (χ3n) is 6.55. The molecule has 1 amide bonds. The summed E-state index contributed by atoms with van der Waals surface area (Å²) in [7, 11) is -3.78. The van der Waals surface area contributed by atoms with E-state index in [4.69, 9.17) is 5.73 Å². The number of hydrogen-bond donors (Lipinski definition) is 1. The number of piperidine rings is 1. The number of hydrogen-bond acceptors (Lipinski definition) is 4. The number of sulfone groups is 1. The second-order valence-electron chi connectivity index (χ2n) is 9.08. The van der Waals surface area contributed by atoms with Gasteiger partial charge in [-0.15, -0.1) is 12.4 Å². The lowest BCUT2D eigenvalue weighted by atomic mass is 9.79. The van der Waals surface area contributed by atoms with Crippen molar-refractivity contribution in [2.75, 3.05) is 13.1 Å². The maximum atomic E-state index is 13.8. The molecule has 0 aromatic heterocycles. The van der Waals surface area contributed by atoms with Gasteiger partial charge in [0.2, 0.25) is 5.91 Å². The van der Waals surface area contributed by atoms with Crippen LogP contribution in [0.2, 0.25) is 0 Å². The van der Waals surface area contributed by atoms with Crippen LogP contribution >= 0.6 is 12.4 Å². The molecular formula is C21H33ClN2O3S. The van der Waals surface area contributed by atoms with Gasteiger partial charge in [-0.1, -0.05) is 38.8 Å². The van der Waals surface area contributed by atoms with Crippen LogP contribution in [0.3, 0.4) is 0 Å². The first-order chi connectivity index (χ1) is 12.5. The SMILES string of the molecule is Cc1ccc(C)c(S(=O)(=O)C2(C(=O)N3CCC(N)C(C)(C)C3)CCCC2)c1.Cl. The lowest BCUT2D eigenvalue weighted by molar-refractivity contribution is -0.137. The molecule has 28 heavy (non-hydrogen) atoms. The molecule has 2 aliphatic rings. The molecule has 1 saturated heterocycles. The summed E-state index contributed by atoms with van der Waals surface area (Å²) in [6.45, 7) is 8.85. The van der Waals surface area contributed by atoms with Gasteiger partial charge < -0.3 is 10.6 Å². The zero-order valence-corrected chi connectivity index (χ0v) is 19.0. The Morgan fingerprint density at radius 2 is 1.79 bits per heavy atom. The van der Waals surface area contributed by atoms with E-state index in [9.17, 15) is 13.2 Å². The van der Waals surface area contributed by atoms with Crippen molar-refractivity contribution in [1.82, 2.24) is 4.90 Å². The van der Waals surface area contributed by atoms with E-state index >= 15 is 0 Å². The number of amides is 1. The predicted octanol–water partition coefficient (Wildman–Crippen LogP) is 3.40. The van der Waals surface area contributed by atoms with Crippen LogP contribution in [0.4, 0.5) is 0 Å². The number of nitrogens with two attached hydrogens (primary N) is 1. The topological polar surface area (TPSA) is 80.5 Å². The Labute approximate surface area is 175 Å². The lowest BCUT2D eigenvalue weighted by Gasteiger charge is -2.45. The maximum absolute atomic E-state index is 13.8. The standard InChI is InChI=1S/C21H32N2O3S.ClH/c1-15-7-8-16(2)17(13-15)27(25,26)21(10-5-6-11-21)19(24)23-12-9-18(22)20(3,4)14-23;/h7-8,13,18H,5-6,9-12,14,22H2,1-4H3;1H. The Balaban J connectivity index is 0.00000280. The second kappa shape index (κ2) is 7.96. The van der Waals surface area contributed by atoms with E-state index in [1.807, 2.05) is 26.0 Å². The van der Waals surface area contributed by atoms with Crippen LogP contribution in [0.25, 0.3) is 0 Å². The Bertz CT molecular complexity index is 845. The van der Waals surface area contributed by atoms with Gasteiger partial charge in [0.05, 0.1) is 4.90 Å². The van der Waals surface area contributed by atoms with Gasteiger partial charge in [-0.05, 0) is 55.7 Å². The molecule has 7 heteroatoms. The smallest absolute Gasteiger partial charge is 0.244 e. The van der Waals surface area contributed by atoms with Crippen LogP contribution in [0.1, 0.15) is 57.1 Å². The highest BCUT2D eigenvalue weighted by molar-refractivity contribution is 7.93. The molecule has 1 aliphatic carbocycles. The first-order valence-electron chi connectivity index (χ1n) is 9.88. The zero-order chi connectivity index (χ0) is 20.0. The van der Waals surface area contributed by atoms with Gasteiger partial charge in [0.1, 0.15) is 0 Å². The molecule has 1 aromatic carbocycles. The van der Waals surface area contributed by atoms with Crippen molar-refractivity contribution >= 4 is 28.2 Å². The monoisotopic (exact) mass is 428 g/mol. The lowest BCUT2D eigenvalue weighted by Crippen LogP contribution is -2.60. The number of benzene rings is 1. The third-order valence-corrected chi connectivity index (χ3v) is 9.18. The first kappa shape index (κ1) is 23.2. The Hall–Kier alpha value is -1.11. The number of aryl methyl sites for hydroxylation is 2. The molecule has 1 saturated carbocycles. The van der Waals surface area contributed by atoms with Crippen molar-refractivity contribution in [2.24, 2.45) is 11.1 Å². The maximum Gasteiger partial charge on any atom is 0.244 e. The van der Waals surface area contributed by atoms with E-state index in [0.29, 0.717) is 42.8 Å². The van der Waals surface area contributed by atoms with E-state index in [2.05, 4.69) is 13.8 Å². The van der Waals surface area contributed by atoms with Gasteiger partial charge in [-0.3, -0.25) is 4.79 Å². The summed E-state index contributed by atoms with van der Waals surface area (Å²) in [5, 5.41) is 0. The van der Waals surface area contributed by atoms with Crippen LogP contribution in [-0.2, 0) is 14.6 Å². The minimum Gasteiger partial charge on any atom is -0.341 e. The van der Waals surface area contributed by atoms with E-state index in [1.54, 1.807) is 11.0 Å². The number of halogens is 1. The highest BCUT2D eigenvalue weighted by Crippen LogP contribution is 2.44. The summed E-state index contributed by atoms with van der Waals surface area (Å²) in [6, 6.07) is 5.48. The van der Waals surface area contributed by atoms with Crippen LogP contribution in [0, 0.1) is 19.3 Å².